The van der Waals surface area contributed by atoms with Gasteiger partial charge in [0.05, 0.1) is 5.69 Å². The van der Waals surface area contributed by atoms with Crippen molar-refractivity contribution in [3.8, 4) is 0 Å². The maximum Gasteiger partial charge on any atom is 0.262 e. The van der Waals surface area contributed by atoms with Gasteiger partial charge in [-0.25, -0.2) is 13.4 Å². The molecule has 0 saturated carbocycles. The maximum atomic E-state index is 12.9. The van der Waals surface area contributed by atoms with Gasteiger partial charge in [-0.05, 0) is 38.4 Å². The first-order valence-corrected chi connectivity index (χ1v) is 9.00. The number of sulfonamides is 1. The quantitative estimate of drug-likeness (QED) is 0.898. The third-order valence-corrected chi connectivity index (χ3v) is 6.10. The lowest BCUT2D eigenvalue weighted by Gasteiger charge is -2.36. The average molecular weight is 310 g/mol. The number of nitrogens with one attached hydrogen (secondary N) is 1. The van der Waals surface area contributed by atoms with Gasteiger partial charge in [0.15, 0.2) is 5.03 Å². The van der Waals surface area contributed by atoms with Crippen LogP contribution in [0.4, 0.5) is 5.69 Å². The molecule has 1 aromatic heterocycles. The molecule has 1 aromatic rings. The van der Waals surface area contributed by atoms with Crippen molar-refractivity contribution in [2.45, 2.75) is 30.8 Å². The van der Waals surface area contributed by atoms with E-state index in [9.17, 15) is 8.42 Å². The Kier molecular flexibility index (Phi) is 4.14. The first kappa shape index (κ1) is 14.7. The number of hydrogen-bond donors (Lipinski definition) is 1. The van der Waals surface area contributed by atoms with Gasteiger partial charge in [0, 0.05) is 38.4 Å². The summed E-state index contributed by atoms with van der Waals surface area (Å²) in [4.78, 5) is 6.52. The monoisotopic (exact) mass is 310 g/mol. The summed E-state index contributed by atoms with van der Waals surface area (Å²) in [6.45, 7) is 5.69. The third kappa shape index (κ3) is 2.77. The standard InChI is InChI=1S/C14H22N4O2S/c1-2-15-13-6-3-7-16-14(13)21(19,20)18-10-9-17-8-4-5-12(17)11-18/h3,6-7,12,15H,2,4-5,8-11H2,1H3. The minimum Gasteiger partial charge on any atom is -0.383 e. The summed E-state index contributed by atoms with van der Waals surface area (Å²) >= 11 is 0. The smallest absolute Gasteiger partial charge is 0.262 e. The number of pyridine rings is 1. The zero-order valence-corrected chi connectivity index (χ0v) is 13.1. The lowest BCUT2D eigenvalue weighted by Crippen LogP contribution is -2.52. The summed E-state index contributed by atoms with van der Waals surface area (Å²) in [6.07, 6.45) is 3.80. The summed E-state index contributed by atoms with van der Waals surface area (Å²) in [5.74, 6) is 0. The van der Waals surface area contributed by atoms with Crippen molar-refractivity contribution in [2.24, 2.45) is 0 Å². The van der Waals surface area contributed by atoms with E-state index in [0.29, 0.717) is 31.4 Å². The Bertz CT molecular complexity index is 605. The fourth-order valence-electron chi connectivity index (χ4n) is 3.22. The van der Waals surface area contributed by atoms with Gasteiger partial charge in [-0.3, -0.25) is 4.90 Å². The maximum absolute atomic E-state index is 12.9. The van der Waals surface area contributed by atoms with Crippen LogP contribution >= 0.6 is 0 Å². The van der Waals surface area contributed by atoms with Crippen molar-refractivity contribution < 1.29 is 8.42 Å². The average Bonchev–Trinajstić information content (AvgIpc) is 2.95. The fourth-order valence-corrected chi connectivity index (χ4v) is 4.77. The molecule has 0 bridgehead atoms. The van der Waals surface area contributed by atoms with Gasteiger partial charge in [-0.1, -0.05) is 0 Å². The van der Waals surface area contributed by atoms with Crippen LogP contribution in [0.1, 0.15) is 19.8 Å². The fraction of sp³-hybridized carbons (Fsp3) is 0.643. The highest BCUT2D eigenvalue weighted by Gasteiger charge is 2.37. The van der Waals surface area contributed by atoms with Crippen LogP contribution in [0.3, 0.4) is 0 Å². The summed E-state index contributed by atoms with van der Waals surface area (Å²) in [5, 5.41) is 3.24. The van der Waals surface area contributed by atoms with Crippen LogP contribution in [0, 0.1) is 0 Å². The van der Waals surface area contributed by atoms with Gasteiger partial charge in [0.1, 0.15) is 0 Å². The largest absolute Gasteiger partial charge is 0.383 e. The number of aromatic nitrogens is 1. The number of nitrogens with zero attached hydrogens (tertiary/aromatic N) is 3. The van der Waals surface area contributed by atoms with Gasteiger partial charge in [0.25, 0.3) is 10.0 Å². The number of anilines is 1. The van der Waals surface area contributed by atoms with Crippen LogP contribution in [-0.2, 0) is 10.0 Å². The summed E-state index contributed by atoms with van der Waals surface area (Å²) in [6, 6.07) is 3.90. The van der Waals surface area contributed by atoms with E-state index in [1.165, 1.54) is 6.42 Å². The van der Waals surface area contributed by atoms with Crippen molar-refractivity contribution in [1.29, 1.82) is 0 Å². The second-order valence-electron chi connectivity index (χ2n) is 5.58. The van der Waals surface area contributed by atoms with Crippen molar-refractivity contribution in [1.82, 2.24) is 14.2 Å². The lowest BCUT2D eigenvalue weighted by molar-refractivity contribution is 0.158. The van der Waals surface area contributed by atoms with Crippen LogP contribution in [0.25, 0.3) is 0 Å². The van der Waals surface area contributed by atoms with E-state index in [2.05, 4.69) is 15.2 Å². The minimum absolute atomic E-state index is 0.151. The van der Waals surface area contributed by atoms with Gasteiger partial charge in [-0.15, -0.1) is 0 Å². The van der Waals surface area contributed by atoms with Crippen LogP contribution < -0.4 is 5.32 Å². The molecule has 2 aliphatic heterocycles. The van der Waals surface area contributed by atoms with Crippen LogP contribution in [0.5, 0.6) is 0 Å². The van der Waals surface area contributed by atoms with Crippen molar-refractivity contribution in [3.05, 3.63) is 18.3 Å². The molecule has 0 radical (unpaired) electrons. The SMILES string of the molecule is CCNc1cccnc1S(=O)(=O)N1CCN2CCCC2C1. The first-order valence-electron chi connectivity index (χ1n) is 7.56. The first-order chi connectivity index (χ1) is 10.1. The molecular formula is C14H22N4O2S. The zero-order chi connectivity index (χ0) is 14.9. The second kappa shape index (κ2) is 5.90. The lowest BCUT2D eigenvalue weighted by atomic mass is 10.2. The number of piperazine rings is 1. The number of fused-ring (bicyclic) bond motifs is 1. The predicted octanol–water partition coefficient (Wildman–Crippen LogP) is 0.982. The molecule has 7 heteroatoms. The van der Waals surface area contributed by atoms with Gasteiger partial charge in [-0.2, -0.15) is 4.31 Å². The molecule has 3 heterocycles. The van der Waals surface area contributed by atoms with E-state index in [1.54, 1.807) is 22.6 Å². The normalized spacial score (nSPS) is 24.0. The van der Waals surface area contributed by atoms with Crippen molar-refractivity contribution in [3.63, 3.8) is 0 Å². The molecule has 0 aromatic carbocycles. The molecule has 0 aliphatic carbocycles. The molecule has 116 valence electrons. The molecule has 21 heavy (non-hydrogen) atoms. The van der Waals surface area contributed by atoms with Crippen molar-refractivity contribution in [2.75, 3.05) is 38.0 Å². The summed E-state index contributed by atoms with van der Waals surface area (Å²) < 4.78 is 27.4. The van der Waals surface area contributed by atoms with Crippen LogP contribution in [0.2, 0.25) is 0 Å². The molecule has 2 fully saturated rings. The van der Waals surface area contributed by atoms with E-state index in [0.717, 1.165) is 19.5 Å². The Morgan fingerprint density at radius 1 is 1.38 bits per heavy atom. The van der Waals surface area contributed by atoms with Crippen molar-refractivity contribution >= 4 is 15.7 Å². The zero-order valence-electron chi connectivity index (χ0n) is 12.3. The van der Waals surface area contributed by atoms with E-state index in [1.807, 2.05) is 6.92 Å². The molecule has 6 nitrogen and oxygen atoms in total. The molecule has 0 amide bonds. The minimum atomic E-state index is -3.52. The molecular weight excluding hydrogens is 288 g/mol. The van der Waals surface area contributed by atoms with Crippen LogP contribution in [0.15, 0.2) is 23.4 Å². The third-order valence-electron chi connectivity index (χ3n) is 4.27. The Balaban J connectivity index is 1.87. The second-order valence-corrected chi connectivity index (χ2v) is 7.43. The van der Waals surface area contributed by atoms with Gasteiger partial charge in [0.2, 0.25) is 0 Å². The number of hydrogen-bond acceptors (Lipinski definition) is 5. The molecule has 0 spiro atoms. The Labute approximate surface area is 126 Å². The van der Waals surface area contributed by atoms with E-state index < -0.39 is 10.0 Å². The van der Waals surface area contributed by atoms with E-state index >= 15 is 0 Å². The molecule has 1 atom stereocenters. The van der Waals surface area contributed by atoms with E-state index in [-0.39, 0.29) is 5.03 Å². The Hall–Kier alpha value is -1.18. The van der Waals surface area contributed by atoms with Gasteiger partial charge < -0.3 is 5.32 Å². The molecule has 1 N–H and O–H groups in total. The molecule has 3 rings (SSSR count). The van der Waals surface area contributed by atoms with Crippen LogP contribution in [-0.4, -0.2) is 61.4 Å². The van der Waals surface area contributed by atoms with Gasteiger partial charge >= 0.3 is 0 Å². The Morgan fingerprint density at radius 3 is 3.05 bits per heavy atom. The van der Waals surface area contributed by atoms with E-state index in [4.69, 9.17) is 0 Å². The molecule has 2 saturated heterocycles. The molecule has 2 aliphatic rings. The highest BCUT2D eigenvalue weighted by Crippen LogP contribution is 2.27. The predicted molar refractivity (Wildman–Crippen MR) is 81.8 cm³/mol. The highest BCUT2D eigenvalue weighted by atomic mass is 32.2. The highest BCUT2D eigenvalue weighted by molar-refractivity contribution is 7.89. The summed E-state index contributed by atoms with van der Waals surface area (Å²) in [7, 11) is -3.52. The number of rotatable bonds is 4. The summed E-state index contributed by atoms with van der Waals surface area (Å²) in [5.41, 5.74) is 0.592. The topological polar surface area (TPSA) is 65.5 Å². The Morgan fingerprint density at radius 2 is 2.24 bits per heavy atom. The molecule has 1 unspecified atom stereocenters.